The lowest BCUT2D eigenvalue weighted by molar-refractivity contribution is -0.153. The summed E-state index contributed by atoms with van der Waals surface area (Å²) in [5, 5.41) is 0. The predicted molar refractivity (Wildman–Crippen MR) is 75.3 cm³/mol. The summed E-state index contributed by atoms with van der Waals surface area (Å²) in [4.78, 5) is 18.5. The fourth-order valence-electron chi connectivity index (χ4n) is 3.10. The molecule has 1 amide bonds. The number of carbonyl (C=O) groups is 1. The summed E-state index contributed by atoms with van der Waals surface area (Å²) in [6.45, 7) is 5.55. The number of imidazole rings is 1. The van der Waals surface area contributed by atoms with E-state index in [1.54, 1.807) is 0 Å². The first-order valence-electron chi connectivity index (χ1n) is 7.68. The molecule has 2 aliphatic heterocycles. The van der Waals surface area contributed by atoms with Gasteiger partial charge in [-0.2, -0.15) is 0 Å². The van der Waals surface area contributed by atoms with Crippen LogP contribution in [0.15, 0.2) is 12.4 Å². The average Bonchev–Trinajstić information content (AvgIpc) is 2.90. The number of hydrogen-bond acceptors (Lipinski definition) is 3. The quantitative estimate of drug-likeness (QED) is 0.837. The van der Waals surface area contributed by atoms with Gasteiger partial charge >= 0.3 is 0 Å². The summed E-state index contributed by atoms with van der Waals surface area (Å²) < 4.78 is 7.78. The highest BCUT2D eigenvalue weighted by Crippen LogP contribution is 2.23. The van der Waals surface area contributed by atoms with Crippen LogP contribution >= 0.6 is 0 Å². The molecule has 2 fully saturated rings. The molecule has 0 spiro atoms. The summed E-state index contributed by atoms with van der Waals surface area (Å²) in [5.41, 5.74) is 0. The van der Waals surface area contributed by atoms with E-state index >= 15 is 0 Å². The van der Waals surface area contributed by atoms with Gasteiger partial charge in [-0.05, 0) is 19.3 Å². The zero-order chi connectivity index (χ0) is 13.9. The SMILES string of the molecule is CCc1nccn1CC1CN(C(=O)C2CCCCO2)C1. The average molecular weight is 277 g/mol. The topological polar surface area (TPSA) is 47.4 Å². The normalized spacial score (nSPS) is 23.6. The number of aromatic nitrogens is 2. The summed E-state index contributed by atoms with van der Waals surface area (Å²) in [6.07, 6.45) is 7.77. The molecule has 1 aromatic heterocycles. The third-order valence-electron chi connectivity index (χ3n) is 4.30. The monoisotopic (exact) mass is 277 g/mol. The Morgan fingerprint density at radius 3 is 3.00 bits per heavy atom. The number of hydrogen-bond donors (Lipinski definition) is 0. The fraction of sp³-hybridized carbons (Fsp3) is 0.733. The van der Waals surface area contributed by atoms with Crippen LogP contribution in [0.5, 0.6) is 0 Å². The van der Waals surface area contributed by atoms with Crippen molar-refractivity contribution in [3.8, 4) is 0 Å². The van der Waals surface area contributed by atoms with Gasteiger partial charge in [-0.3, -0.25) is 4.79 Å². The standard InChI is InChI=1S/C15H23N3O2/c1-2-14-16-6-7-17(14)9-12-10-18(11-12)15(19)13-5-3-4-8-20-13/h6-7,12-13H,2-5,8-11H2,1H3. The number of carbonyl (C=O) groups excluding carboxylic acids is 1. The number of aryl methyl sites for hydroxylation is 1. The highest BCUT2D eigenvalue weighted by molar-refractivity contribution is 5.81. The first kappa shape index (κ1) is 13.6. The Bertz CT molecular complexity index is 459. The van der Waals surface area contributed by atoms with Gasteiger partial charge < -0.3 is 14.2 Å². The van der Waals surface area contributed by atoms with Crippen LogP contribution in [0.25, 0.3) is 0 Å². The fourth-order valence-corrected chi connectivity index (χ4v) is 3.10. The van der Waals surface area contributed by atoms with Crippen LogP contribution in [-0.2, 0) is 22.5 Å². The highest BCUT2D eigenvalue weighted by atomic mass is 16.5. The molecule has 0 aromatic carbocycles. The number of nitrogens with zero attached hydrogens (tertiary/aromatic N) is 3. The molecular weight excluding hydrogens is 254 g/mol. The van der Waals surface area contributed by atoms with Crippen LogP contribution < -0.4 is 0 Å². The Morgan fingerprint density at radius 2 is 2.30 bits per heavy atom. The second-order valence-electron chi connectivity index (χ2n) is 5.81. The molecule has 0 radical (unpaired) electrons. The van der Waals surface area contributed by atoms with Gasteiger partial charge in [-0.15, -0.1) is 0 Å². The van der Waals surface area contributed by atoms with Gasteiger partial charge in [0.25, 0.3) is 5.91 Å². The summed E-state index contributed by atoms with van der Waals surface area (Å²) in [6, 6.07) is 0. The molecule has 110 valence electrons. The van der Waals surface area contributed by atoms with Gasteiger partial charge in [-0.1, -0.05) is 6.92 Å². The van der Waals surface area contributed by atoms with Crippen LogP contribution in [0.2, 0.25) is 0 Å². The lowest BCUT2D eigenvalue weighted by Gasteiger charge is -2.41. The highest BCUT2D eigenvalue weighted by Gasteiger charge is 2.35. The molecule has 1 unspecified atom stereocenters. The smallest absolute Gasteiger partial charge is 0.251 e. The number of amides is 1. The third kappa shape index (κ3) is 2.73. The van der Waals surface area contributed by atoms with Crippen molar-refractivity contribution in [1.82, 2.24) is 14.5 Å². The molecule has 3 rings (SSSR count). The van der Waals surface area contributed by atoms with Crippen molar-refractivity contribution in [2.45, 2.75) is 45.3 Å². The van der Waals surface area contributed by atoms with Gasteiger partial charge in [0.05, 0.1) is 0 Å². The lowest BCUT2D eigenvalue weighted by Crippen LogP contribution is -2.55. The molecule has 3 heterocycles. The second-order valence-corrected chi connectivity index (χ2v) is 5.81. The molecule has 20 heavy (non-hydrogen) atoms. The first-order valence-corrected chi connectivity index (χ1v) is 7.68. The Hall–Kier alpha value is -1.36. The molecule has 5 heteroatoms. The molecule has 1 aromatic rings. The molecule has 0 N–H and O–H groups in total. The maximum Gasteiger partial charge on any atom is 0.251 e. The van der Waals surface area contributed by atoms with E-state index < -0.39 is 0 Å². The van der Waals surface area contributed by atoms with Crippen molar-refractivity contribution in [3.05, 3.63) is 18.2 Å². The number of rotatable bonds is 4. The van der Waals surface area contributed by atoms with Gasteiger partial charge in [0.2, 0.25) is 0 Å². The lowest BCUT2D eigenvalue weighted by atomic mass is 9.97. The van der Waals surface area contributed by atoms with Crippen LogP contribution in [0.4, 0.5) is 0 Å². The summed E-state index contributed by atoms with van der Waals surface area (Å²) in [7, 11) is 0. The minimum absolute atomic E-state index is 0.177. The number of ether oxygens (including phenoxy) is 1. The maximum absolute atomic E-state index is 12.2. The van der Waals surface area contributed by atoms with Crippen LogP contribution in [0.1, 0.15) is 32.0 Å². The largest absolute Gasteiger partial charge is 0.368 e. The second kappa shape index (κ2) is 5.95. The first-order chi connectivity index (χ1) is 9.78. The maximum atomic E-state index is 12.2. The Balaban J connectivity index is 1.47. The Kier molecular flexibility index (Phi) is 4.05. The molecular formula is C15H23N3O2. The van der Waals surface area contributed by atoms with E-state index in [0.29, 0.717) is 5.92 Å². The Labute approximate surface area is 119 Å². The van der Waals surface area contributed by atoms with Crippen molar-refractivity contribution in [3.63, 3.8) is 0 Å². The van der Waals surface area contributed by atoms with E-state index in [1.807, 2.05) is 17.3 Å². The Morgan fingerprint density at radius 1 is 1.45 bits per heavy atom. The molecule has 5 nitrogen and oxygen atoms in total. The zero-order valence-corrected chi connectivity index (χ0v) is 12.1. The van der Waals surface area contributed by atoms with Crippen LogP contribution in [0, 0.1) is 5.92 Å². The van der Waals surface area contributed by atoms with Gasteiger partial charge in [0.1, 0.15) is 11.9 Å². The van der Waals surface area contributed by atoms with Crippen molar-refractivity contribution >= 4 is 5.91 Å². The molecule has 0 aliphatic carbocycles. The van der Waals surface area contributed by atoms with E-state index in [0.717, 1.165) is 57.7 Å². The summed E-state index contributed by atoms with van der Waals surface area (Å²) >= 11 is 0. The van der Waals surface area contributed by atoms with Crippen molar-refractivity contribution in [2.24, 2.45) is 5.92 Å². The van der Waals surface area contributed by atoms with E-state index in [2.05, 4.69) is 16.5 Å². The molecule has 0 saturated carbocycles. The zero-order valence-electron chi connectivity index (χ0n) is 12.1. The van der Waals surface area contributed by atoms with E-state index in [9.17, 15) is 4.79 Å². The third-order valence-corrected chi connectivity index (χ3v) is 4.30. The van der Waals surface area contributed by atoms with E-state index in [-0.39, 0.29) is 12.0 Å². The van der Waals surface area contributed by atoms with Crippen molar-refractivity contribution in [1.29, 1.82) is 0 Å². The predicted octanol–water partition coefficient (Wildman–Crippen LogP) is 1.47. The van der Waals surface area contributed by atoms with Crippen molar-refractivity contribution < 1.29 is 9.53 Å². The molecule has 2 aliphatic rings. The minimum Gasteiger partial charge on any atom is -0.368 e. The van der Waals surface area contributed by atoms with Gasteiger partial charge in [0, 0.05) is 51.0 Å². The number of likely N-dealkylation sites (tertiary alicyclic amines) is 1. The van der Waals surface area contributed by atoms with Gasteiger partial charge in [0.15, 0.2) is 0 Å². The van der Waals surface area contributed by atoms with E-state index in [1.165, 1.54) is 0 Å². The van der Waals surface area contributed by atoms with E-state index in [4.69, 9.17) is 4.74 Å². The van der Waals surface area contributed by atoms with Crippen molar-refractivity contribution in [2.75, 3.05) is 19.7 Å². The van der Waals surface area contributed by atoms with Crippen LogP contribution in [-0.4, -0.2) is 46.2 Å². The minimum atomic E-state index is -0.177. The summed E-state index contributed by atoms with van der Waals surface area (Å²) in [5.74, 6) is 1.88. The van der Waals surface area contributed by atoms with Crippen LogP contribution in [0.3, 0.4) is 0 Å². The molecule has 0 bridgehead atoms. The molecule has 2 saturated heterocycles. The molecule has 1 atom stereocenters. The van der Waals surface area contributed by atoms with Gasteiger partial charge in [-0.25, -0.2) is 4.98 Å².